The minimum Gasteiger partial charge on any atom is -0.456 e. The van der Waals surface area contributed by atoms with Crippen LogP contribution in [0.3, 0.4) is 0 Å². The van der Waals surface area contributed by atoms with E-state index in [-0.39, 0.29) is 0 Å². The quantitative estimate of drug-likeness (QED) is 0.185. The number of hydrogen-bond donors (Lipinski definition) is 0. The van der Waals surface area contributed by atoms with Gasteiger partial charge >= 0.3 is 0 Å². The molecule has 9 aromatic rings. The first kappa shape index (κ1) is 29.3. The second-order valence-electron chi connectivity index (χ2n) is 13.1. The lowest BCUT2D eigenvalue weighted by atomic mass is 9.84. The van der Waals surface area contributed by atoms with Crippen LogP contribution in [0.5, 0.6) is 0 Å². The molecule has 51 heavy (non-hydrogen) atoms. The zero-order valence-electron chi connectivity index (χ0n) is 27.8. The molecular formula is C47H31N3O. The van der Waals surface area contributed by atoms with Crippen LogP contribution in [0, 0.1) is 0 Å². The second kappa shape index (κ2) is 12.0. The third-order valence-electron chi connectivity index (χ3n) is 9.98. The Balaban J connectivity index is 1.26. The van der Waals surface area contributed by atoms with E-state index >= 15 is 0 Å². The number of aryl methyl sites for hydroxylation is 1. The highest BCUT2D eigenvalue weighted by Gasteiger charge is 2.22. The second-order valence-corrected chi connectivity index (χ2v) is 13.1. The fraction of sp³-hybridized carbons (Fsp3) is 0.0426. The number of allylic oxidation sites excluding steroid dienone is 1. The maximum Gasteiger partial charge on any atom is 0.164 e. The van der Waals surface area contributed by atoms with Gasteiger partial charge in [0.05, 0.1) is 0 Å². The molecule has 1 aliphatic carbocycles. The number of fused-ring (bicyclic) bond motifs is 6. The molecule has 240 valence electrons. The summed E-state index contributed by atoms with van der Waals surface area (Å²) in [7, 11) is 0. The first-order chi connectivity index (χ1) is 25.3. The molecule has 0 unspecified atom stereocenters. The van der Waals surface area contributed by atoms with Gasteiger partial charge in [0, 0.05) is 27.5 Å². The summed E-state index contributed by atoms with van der Waals surface area (Å²) in [5.41, 5.74) is 11.7. The Morgan fingerprint density at radius 2 is 1.00 bits per heavy atom. The van der Waals surface area contributed by atoms with E-state index in [4.69, 9.17) is 19.4 Å². The average molecular weight is 654 g/mol. The van der Waals surface area contributed by atoms with E-state index in [1.165, 1.54) is 33.0 Å². The first-order valence-electron chi connectivity index (χ1n) is 17.4. The third kappa shape index (κ3) is 5.03. The Morgan fingerprint density at radius 1 is 0.431 bits per heavy atom. The number of aromatic nitrogens is 3. The largest absolute Gasteiger partial charge is 0.456 e. The maximum atomic E-state index is 6.62. The van der Waals surface area contributed by atoms with E-state index in [2.05, 4.69) is 91.0 Å². The lowest BCUT2D eigenvalue weighted by Gasteiger charge is -2.19. The predicted molar refractivity (Wildman–Crippen MR) is 209 cm³/mol. The molecule has 0 spiro atoms. The molecule has 0 saturated heterocycles. The number of rotatable bonds is 5. The molecule has 0 aliphatic heterocycles. The number of benzene rings is 7. The fourth-order valence-electron chi connectivity index (χ4n) is 7.61. The topological polar surface area (TPSA) is 51.8 Å². The minimum atomic E-state index is 0.592. The number of nitrogens with zero attached hydrogens (tertiary/aromatic N) is 3. The normalized spacial score (nSPS) is 12.5. The van der Waals surface area contributed by atoms with Crippen LogP contribution in [0.1, 0.15) is 17.5 Å². The van der Waals surface area contributed by atoms with Gasteiger partial charge in [0.25, 0.3) is 0 Å². The summed E-state index contributed by atoms with van der Waals surface area (Å²) in [6, 6.07) is 52.8. The van der Waals surface area contributed by atoms with Gasteiger partial charge in [-0.3, -0.25) is 0 Å². The van der Waals surface area contributed by atoms with Gasteiger partial charge in [0.15, 0.2) is 17.5 Å². The summed E-state index contributed by atoms with van der Waals surface area (Å²) in [4.78, 5) is 15.1. The molecule has 0 saturated carbocycles. The molecule has 2 aromatic heterocycles. The molecule has 7 aromatic carbocycles. The predicted octanol–water partition coefficient (Wildman–Crippen LogP) is 12.2. The van der Waals surface area contributed by atoms with Gasteiger partial charge in [-0.2, -0.15) is 0 Å². The standard InChI is InChI=1S/C47H31N3O/c1-3-15-30(16-4-1)45-48-46(31-17-5-2-6-18-31)50-47(49-45)33-28-41(44-39-25-13-14-26-42(39)51-43(44)29-33)38-24-12-11-23-37(38)40-27-32-19-7-8-20-34(32)35-21-9-10-22-36(35)40/h1-6,8-18,20-29H,7,19H2. The summed E-state index contributed by atoms with van der Waals surface area (Å²) in [6.07, 6.45) is 6.68. The van der Waals surface area contributed by atoms with E-state index in [9.17, 15) is 0 Å². The van der Waals surface area contributed by atoms with E-state index in [1.807, 2.05) is 72.8 Å². The molecule has 0 fully saturated rings. The van der Waals surface area contributed by atoms with Gasteiger partial charge < -0.3 is 4.42 Å². The lowest BCUT2D eigenvalue weighted by molar-refractivity contribution is 0.669. The van der Waals surface area contributed by atoms with E-state index in [0.29, 0.717) is 17.5 Å². The van der Waals surface area contributed by atoms with Crippen LogP contribution in [0.15, 0.2) is 162 Å². The van der Waals surface area contributed by atoms with Crippen LogP contribution in [-0.4, -0.2) is 15.0 Å². The maximum absolute atomic E-state index is 6.62. The molecule has 4 heteroatoms. The fourth-order valence-corrected chi connectivity index (χ4v) is 7.61. The van der Waals surface area contributed by atoms with Gasteiger partial charge in [-0.15, -0.1) is 0 Å². The third-order valence-corrected chi connectivity index (χ3v) is 9.98. The highest BCUT2D eigenvalue weighted by molar-refractivity contribution is 6.16. The van der Waals surface area contributed by atoms with Crippen molar-refractivity contribution in [1.82, 2.24) is 15.0 Å². The SMILES string of the molecule is C1=Cc2c(cc(-c3ccccc3-c3cc(-c4nc(-c5ccccc5)nc(-c5ccccc5)n4)cc4oc5ccccc5c34)c3ccccc23)CC1. The molecule has 0 radical (unpaired) electrons. The monoisotopic (exact) mass is 653 g/mol. The Kier molecular flexibility index (Phi) is 6.91. The van der Waals surface area contributed by atoms with E-state index < -0.39 is 0 Å². The average Bonchev–Trinajstić information content (AvgIpc) is 3.59. The van der Waals surface area contributed by atoms with Crippen molar-refractivity contribution >= 4 is 38.8 Å². The Labute approximate surface area is 295 Å². The zero-order chi connectivity index (χ0) is 33.7. The number of furan rings is 1. The van der Waals surface area contributed by atoms with Crippen LogP contribution in [-0.2, 0) is 6.42 Å². The smallest absolute Gasteiger partial charge is 0.164 e. The van der Waals surface area contributed by atoms with E-state index in [1.54, 1.807) is 0 Å². The van der Waals surface area contributed by atoms with Crippen molar-refractivity contribution in [2.75, 3.05) is 0 Å². The van der Waals surface area contributed by atoms with Crippen molar-refractivity contribution in [3.63, 3.8) is 0 Å². The van der Waals surface area contributed by atoms with Gasteiger partial charge in [-0.1, -0.05) is 140 Å². The van der Waals surface area contributed by atoms with Crippen molar-refractivity contribution in [2.24, 2.45) is 0 Å². The van der Waals surface area contributed by atoms with Crippen molar-refractivity contribution in [3.05, 3.63) is 169 Å². The highest BCUT2D eigenvalue weighted by atomic mass is 16.3. The van der Waals surface area contributed by atoms with Crippen LogP contribution < -0.4 is 0 Å². The molecule has 10 rings (SSSR count). The van der Waals surface area contributed by atoms with Crippen molar-refractivity contribution in [1.29, 1.82) is 0 Å². The lowest BCUT2D eigenvalue weighted by Crippen LogP contribution is -2.00. The van der Waals surface area contributed by atoms with Gasteiger partial charge in [0.1, 0.15) is 11.2 Å². The molecule has 1 aliphatic rings. The Bertz CT molecular complexity index is 2740. The molecule has 0 amide bonds. The van der Waals surface area contributed by atoms with Crippen LogP contribution in [0.4, 0.5) is 0 Å². The molecule has 2 heterocycles. The molecule has 0 atom stereocenters. The van der Waals surface area contributed by atoms with Crippen molar-refractivity contribution in [2.45, 2.75) is 12.8 Å². The summed E-state index contributed by atoms with van der Waals surface area (Å²) in [5.74, 6) is 1.84. The van der Waals surface area contributed by atoms with Gasteiger partial charge in [0.2, 0.25) is 0 Å². The number of hydrogen-bond acceptors (Lipinski definition) is 4. The highest BCUT2D eigenvalue weighted by Crippen LogP contribution is 2.45. The zero-order valence-corrected chi connectivity index (χ0v) is 27.8. The molecular weight excluding hydrogens is 623 g/mol. The summed E-state index contributed by atoms with van der Waals surface area (Å²) in [6.45, 7) is 0. The molecule has 4 nitrogen and oxygen atoms in total. The first-order valence-corrected chi connectivity index (χ1v) is 17.4. The van der Waals surface area contributed by atoms with Crippen LogP contribution in [0.2, 0.25) is 0 Å². The summed E-state index contributed by atoms with van der Waals surface area (Å²) < 4.78 is 6.62. The molecule has 0 N–H and O–H groups in total. The van der Waals surface area contributed by atoms with Crippen molar-refractivity contribution in [3.8, 4) is 56.4 Å². The van der Waals surface area contributed by atoms with Crippen LogP contribution in [0.25, 0.3) is 95.2 Å². The Hall–Kier alpha value is -6.65. The van der Waals surface area contributed by atoms with E-state index in [0.717, 1.165) is 62.6 Å². The summed E-state index contributed by atoms with van der Waals surface area (Å²) in [5, 5.41) is 4.69. The van der Waals surface area contributed by atoms with Crippen molar-refractivity contribution < 1.29 is 4.42 Å². The number of para-hydroxylation sites is 1. The summed E-state index contributed by atoms with van der Waals surface area (Å²) >= 11 is 0. The Morgan fingerprint density at radius 3 is 1.71 bits per heavy atom. The van der Waals surface area contributed by atoms with Crippen LogP contribution >= 0.6 is 0 Å². The van der Waals surface area contributed by atoms with Gasteiger partial charge in [-0.25, -0.2) is 15.0 Å². The van der Waals surface area contributed by atoms with Gasteiger partial charge in [-0.05, 0) is 81.3 Å². The minimum absolute atomic E-state index is 0.592. The molecule has 0 bridgehead atoms.